The number of rotatable bonds is 4. The number of benzene rings is 2. The third-order valence-corrected chi connectivity index (χ3v) is 4.67. The van der Waals surface area contributed by atoms with Crippen LogP contribution < -0.4 is 10.1 Å². The minimum atomic E-state index is 0.154. The minimum Gasteiger partial charge on any atom is -0.491 e. The van der Waals surface area contributed by atoms with Gasteiger partial charge >= 0.3 is 0 Å². The summed E-state index contributed by atoms with van der Waals surface area (Å²) in [5, 5.41) is 3.06. The lowest BCUT2D eigenvalue weighted by Crippen LogP contribution is -2.16. The Bertz CT molecular complexity index is 670. The highest BCUT2D eigenvalue weighted by Gasteiger charge is 2.22. The number of fused-ring (bicyclic) bond motifs is 2. The summed E-state index contributed by atoms with van der Waals surface area (Å²) in [4.78, 5) is 14.5. The molecule has 0 fully saturated rings. The van der Waals surface area contributed by atoms with Gasteiger partial charge in [0, 0.05) is 23.4 Å². The molecule has 0 amide bonds. The topological polar surface area (TPSA) is 38.3 Å². The van der Waals surface area contributed by atoms with Crippen LogP contribution in [-0.2, 0) is 6.42 Å². The summed E-state index contributed by atoms with van der Waals surface area (Å²) in [6.07, 6.45) is 0.455. The van der Waals surface area contributed by atoms with Gasteiger partial charge in [-0.15, -0.1) is 0 Å². The zero-order valence-corrected chi connectivity index (χ0v) is 12.7. The van der Waals surface area contributed by atoms with Crippen LogP contribution in [0.3, 0.4) is 0 Å². The van der Waals surface area contributed by atoms with Gasteiger partial charge in [-0.2, -0.15) is 0 Å². The molecule has 3 nitrogen and oxygen atoms in total. The summed E-state index contributed by atoms with van der Waals surface area (Å²) in [5.41, 5.74) is 1.85. The Labute approximate surface area is 128 Å². The summed E-state index contributed by atoms with van der Waals surface area (Å²) in [7, 11) is 1.89. The Morgan fingerprint density at radius 3 is 2.90 bits per heavy atom. The van der Waals surface area contributed by atoms with E-state index in [0.717, 1.165) is 33.2 Å². The highest BCUT2D eigenvalue weighted by atomic mass is 32.2. The molecule has 108 valence electrons. The fourth-order valence-electron chi connectivity index (χ4n) is 2.34. The summed E-state index contributed by atoms with van der Waals surface area (Å²) in [6, 6.07) is 13.8. The molecule has 0 bridgehead atoms. The van der Waals surface area contributed by atoms with E-state index in [-0.39, 0.29) is 5.78 Å². The predicted octanol–water partition coefficient (Wildman–Crippen LogP) is 3.17. The number of ether oxygens (including phenoxy) is 1. The fourth-order valence-corrected chi connectivity index (χ4v) is 3.50. The molecule has 0 aliphatic carbocycles. The number of nitrogens with one attached hydrogen (secondary N) is 1. The third-order valence-electron chi connectivity index (χ3n) is 3.42. The lowest BCUT2D eigenvalue weighted by molar-refractivity contribution is 0.0989. The lowest BCUT2D eigenvalue weighted by Gasteiger charge is -2.12. The van der Waals surface area contributed by atoms with Gasteiger partial charge in [-0.3, -0.25) is 4.79 Å². The molecular weight excluding hydrogens is 282 g/mol. The van der Waals surface area contributed by atoms with E-state index in [1.165, 1.54) is 0 Å². The Kier molecular flexibility index (Phi) is 4.27. The van der Waals surface area contributed by atoms with E-state index in [1.807, 2.05) is 43.4 Å². The van der Waals surface area contributed by atoms with Crippen LogP contribution in [0.5, 0.6) is 5.75 Å². The summed E-state index contributed by atoms with van der Waals surface area (Å²) < 4.78 is 5.83. The first-order valence-electron chi connectivity index (χ1n) is 6.99. The molecule has 0 aromatic heterocycles. The van der Waals surface area contributed by atoms with Crippen molar-refractivity contribution in [3.05, 3.63) is 53.6 Å². The number of hydrogen-bond donors (Lipinski definition) is 1. The number of hydrogen-bond acceptors (Lipinski definition) is 4. The van der Waals surface area contributed by atoms with E-state index >= 15 is 0 Å². The van der Waals surface area contributed by atoms with E-state index in [0.29, 0.717) is 13.0 Å². The maximum atomic E-state index is 12.5. The van der Waals surface area contributed by atoms with E-state index in [2.05, 4.69) is 11.4 Å². The zero-order valence-electron chi connectivity index (χ0n) is 11.9. The van der Waals surface area contributed by atoms with Crippen molar-refractivity contribution in [3.8, 4) is 5.75 Å². The molecule has 3 rings (SSSR count). The highest BCUT2D eigenvalue weighted by molar-refractivity contribution is 7.99. The van der Waals surface area contributed by atoms with Crippen molar-refractivity contribution in [3.63, 3.8) is 0 Å². The molecule has 4 heteroatoms. The largest absolute Gasteiger partial charge is 0.491 e. The van der Waals surface area contributed by atoms with Crippen molar-refractivity contribution in [2.24, 2.45) is 0 Å². The average Bonchev–Trinajstić information content (AvgIpc) is 2.64. The maximum Gasteiger partial charge on any atom is 0.168 e. The second kappa shape index (κ2) is 6.33. The molecule has 0 atom stereocenters. The molecule has 1 aliphatic rings. The lowest BCUT2D eigenvalue weighted by atomic mass is 10.0. The van der Waals surface area contributed by atoms with Crippen LogP contribution in [0.4, 0.5) is 0 Å². The van der Waals surface area contributed by atoms with E-state index in [4.69, 9.17) is 4.74 Å². The van der Waals surface area contributed by atoms with Gasteiger partial charge in [-0.25, -0.2) is 0 Å². The monoisotopic (exact) mass is 299 g/mol. The fraction of sp³-hybridized carbons (Fsp3) is 0.235. The molecule has 0 saturated heterocycles. The molecular formula is C17H17NO2S. The van der Waals surface area contributed by atoms with Crippen LogP contribution in [0.2, 0.25) is 0 Å². The first-order valence-corrected chi connectivity index (χ1v) is 7.80. The van der Waals surface area contributed by atoms with Gasteiger partial charge in [0.25, 0.3) is 0 Å². The average molecular weight is 299 g/mol. The summed E-state index contributed by atoms with van der Waals surface area (Å²) >= 11 is 1.63. The number of Topliss-reactive ketones (excluding diaryl/α,β-unsaturated/α-hetero) is 1. The minimum absolute atomic E-state index is 0.154. The van der Waals surface area contributed by atoms with Gasteiger partial charge in [0.15, 0.2) is 5.78 Å². The Hall–Kier alpha value is -1.78. The summed E-state index contributed by atoms with van der Waals surface area (Å²) in [6.45, 7) is 1.36. The van der Waals surface area contributed by atoms with Crippen LogP contribution in [0.15, 0.2) is 52.3 Å². The van der Waals surface area contributed by atoms with Gasteiger partial charge in [-0.05, 0) is 30.8 Å². The standard InChI is InChI=1S/C17H17NO2S/c1-18-9-10-20-15-7-4-6-13-14(19)11-12-5-2-3-8-16(12)21-17(13)15/h2-8,18H,9-11H2,1H3. The van der Waals surface area contributed by atoms with Crippen molar-refractivity contribution in [2.75, 3.05) is 20.2 Å². The molecule has 0 saturated carbocycles. The second-order valence-electron chi connectivity index (χ2n) is 4.89. The third kappa shape index (κ3) is 2.96. The molecule has 1 aliphatic heterocycles. The SMILES string of the molecule is CNCCOc1cccc2c1Sc1ccccc1CC2=O. The van der Waals surface area contributed by atoms with Crippen LogP contribution in [0, 0.1) is 0 Å². The van der Waals surface area contributed by atoms with Crippen molar-refractivity contribution in [1.82, 2.24) is 5.32 Å². The predicted molar refractivity (Wildman–Crippen MR) is 84.5 cm³/mol. The molecule has 0 unspecified atom stereocenters. The normalized spacial score (nSPS) is 13.3. The maximum absolute atomic E-state index is 12.5. The number of carbonyl (C=O) groups is 1. The summed E-state index contributed by atoms with van der Waals surface area (Å²) in [5.74, 6) is 0.944. The van der Waals surface area contributed by atoms with Crippen molar-refractivity contribution >= 4 is 17.5 Å². The van der Waals surface area contributed by atoms with Gasteiger partial charge in [0.2, 0.25) is 0 Å². The first kappa shape index (κ1) is 14.2. The second-order valence-corrected chi connectivity index (χ2v) is 5.95. The zero-order chi connectivity index (χ0) is 14.7. The van der Waals surface area contributed by atoms with E-state index in [9.17, 15) is 4.79 Å². The van der Waals surface area contributed by atoms with Gasteiger partial charge in [0.05, 0.1) is 4.90 Å². The Balaban J connectivity index is 1.99. The van der Waals surface area contributed by atoms with Crippen LogP contribution in [0.25, 0.3) is 0 Å². The number of ketones is 1. The molecule has 1 N–H and O–H groups in total. The molecule has 0 radical (unpaired) electrons. The van der Waals surface area contributed by atoms with E-state index < -0.39 is 0 Å². The van der Waals surface area contributed by atoms with Crippen LogP contribution >= 0.6 is 11.8 Å². The molecule has 2 aromatic carbocycles. The van der Waals surface area contributed by atoms with Gasteiger partial charge in [-0.1, -0.05) is 36.0 Å². The van der Waals surface area contributed by atoms with Crippen molar-refractivity contribution in [2.45, 2.75) is 16.2 Å². The first-order chi connectivity index (χ1) is 10.3. The quantitative estimate of drug-likeness (QED) is 0.880. The van der Waals surface area contributed by atoms with Crippen molar-refractivity contribution in [1.29, 1.82) is 0 Å². The van der Waals surface area contributed by atoms with Crippen molar-refractivity contribution < 1.29 is 9.53 Å². The molecule has 0 spiro atoms. The Morgan fingerprint density at radius 1 is 1.19 bits per heavy atom. The molecule has 1 heterocycles. The molecule has 21 heavy (non-hydrogen) atoms. The van der Waals surface area contributed by atoms with Gasteiger partial charge in [0.1, 0.15) is 12.4 Å². The van der Waals surface area contributed by atoms with Crippen LogP contribution in [0.1, 0.15) is 15.9 Å². The smallest absolute Gasteiger partial charge is 0.168 e. The number of carbonyl (C=O) groups excluding carboxylic acids is 1. The molecule has 2 aromatic rings. The number of likely N-dealkylation sites (N-methyl/N-ethyl adjacent to an activating group) is 1. The van der Waals surface area contributed by atoms with Gasteiger partial charge < -0.3 is 10.1 Å². The highest BCUT2D eigenvalue weighted by Crippen LogP contribution is 2.42. The van der Waals surface area contributed by atoms with E-state index in [1.54, 1.807) is 11.8 Å². The Morgan fingerprint density at radius 2 is 2.05 bits per heavy atom. The van der Waals surface area contributed by atoms with Crippen LogP contribution in [-0.4, -0.2) is 26.0 Å².